The molecule has 0 spiro atoms. The van der Waals surface area contributed by atoms with Gasteiger partial charge < -0.3 is 15.0 Å². The van der Waals surface area contributed by atoms with E-state index in [-0.39, 0.29) is 24.4 Å². The summed E-state index contributed by atoms with van der Waals surface area (Å²) in [6, 6.07) is 8.51. The van der Waals surface area contributed by atoms with Gasteiger partial charge in [0.05, 0.1) is 10.9 Å². The number of benzene rings is 1. The van der Waals surface area contributed by atoms with Crippen molar-refractivity contribution >= 4 is 22.8 Å². The van der Waals surface area contributed by atoms with Gasteiger partial charge in [0.2, 0.25) is 5.91 Å². The van der Waals surface area contributed by atoms with Gasteiger partial charge in [-0.2, -0.15) is 0 Å². The Bertz CT molecular complexity index is 806. The van der Waals surface area contributed by atoms with Crippen molar-refractivity contribution in [3.05, 3.63) is 46.8 Å². The zero-order chi connectivity index (χ0) is 17.7. The van der Waals surface area contributed by atoms with Gasteiger partial charge in [-0.25, -0.2) is 0 Å². The third-order valence-corrected chi connectivity index (χ3v) is 4.63. The molecule has 0 radical (unpaired) electrons. The largest absolute Gasteiger partial charge is 0.481 e. The number of hydrogen-bond donors (Lipinski definition) is 2. The quantitative estimate of drug-likeness (QED) is 0.813. The smallest absolute Gasteiger partial charge is 0.311 e. The van der Waals surface area contributed by atoms with E-state index in [4.69, 9.17) is 0 Å². The van der Waals surface area contributed by atoms with Crippen LogP contribution < -0.4 is 10.7 Å². The Balaban J connectivity index is 2.15. The van der Waals surface area contributed by atoms with Gasteiger partial charge in [-0.15, -0.1) is 0 Å². The standard InChI is InChI=1S/C18H22N2O4/c1-3-18(4-2,17(23)24)12-19-16(22)11-20-10-9-15(21)13-7-5-6-8-14(13)20/h5-10H,3-4,11-12H2,1-2H3,(H,19,22)(H,23,24). The van der Waals surface area contributed by atoms with E-state index in [1.54, 1.807) is 48.9 Å². The normalized spacial score (nSPS) is 11.4. The molecule has 6 nitrogen and oxygen atoms in total. The number of amides is 1. The van der Waals surface area contributed by atoms with Crippen molar-refractivity contribution in [3.63, 3.8) is 0 Å². The highest BCUT2D eigenvalue weighted by molar-refractivity contribution is 5.82. The number of fused-ring (bicyclic) bond motifs is 1. The molecule has 0 fully saturated rings. The van der Waals surface area contributed by atoms with Crippen molar-refractivity contribution < 1.29 is 14.7 Å². The molecule has 0 unspecified atom stereocenters. The van der Waals surface area contributed by atoms with Gasteiger partial charge in [0.15, 0.2) is 5.43 Å². The van der Waals surface area contributed by atoms with E-state index in [2.05, 4.69) is 5.32 Å². The van der Waals surface area contributed by atoms with Crippen molar-refractivity contribution in [1.82, 2.24) is 9.88 Å². The average molecular weight is 330 g/mol. The molecular formula is C18H22N2O4. The van der Waals surface area contributed by atoms with E-state index in [1.807, 2.05) is 0 Å². The number of pyridine rings is 1. The number of aliphatic carboxylic acids is 1. The Morgan fingerprint density at radius 3 is 2.46 bits per heavy atom. The Hall–Kier alpha value is -2.63. The van der Waals surface area contributed by atoms with Crippen LogP contribution in [0, 0.1) is 5.41 Å². The Kier molecular flexibility index (Phi) is 5.39. The fourth-order valence-electron chi connectivity index (χ4n) is 2.75. The third kappa shape index (κ3) is 3.48. The molecule has 2 aromatic rings. The summed E-state index contributed by atoms with van der Waals surface area (Å²) in [7, 11) is 0. The first kappa shape index (κ1) is 17.7. The molecule has 0 bridgehead atoms. The highest BCUT2D eigenvalue weighted by Gasteiger charge is 2.35. The van der Waals surface area contributed by atoms with Crippen molar-refractivity contribution in [1.29, 1.82) is 0 Å². The maximum atomic E-state index is 12.2. The average Bonchev–Trinajstić information content (AvgIpc) is 2.59. The number of rotatable bonds is 7. The predicted molar refractivity (Wildman–Crippen MR) is 91.9 cm³/mol. The molecule has 2 rings (SSSR count). The number of aromatic nitrogens is 1. The number of para-hydroxylation sites is 1. The van der Waals surface area contributed by atoms with Crippen LogP contribution in [0.2, 0.25) is 0 Å². The number of nitrogens with one attached hydrogen (secondary N) is 1. The van der Waals surface area contributed by atoms with Gasteiger partial charge in [0, 0.05) is 24.2 Å². The molecule has 24 heavy (non-hydrogen) atoms. The molecule has 0 aliphatic heterocycles. The second-order valence-electron chi connectivity index (χ2n) is 5.89. The first-order chi connectivity index (χ1) is 11.4. The molecule has 0 saturated heterocycles. The fourth-order valence-corrected chi connectivity index (χ4v) is 2.75. The molecule has 1 amide bonds. The monoisotopic (exact) mass is 330 g/mol. The first-order valence-corrected chi connectivity index (χ1v) is 8.02. The minimum absolute atomic E-state index is 0.0317. The summed E-state index contributed by atoms with van der Waals surface area (Å²) in [6.45, 7) is 3.73. The topological polar surface area (TPSA) is 88.4 Å². The van der Waals surface area contributed by atoms with Crippen LogP contribution in [-0.2, 0) is 16.1 Å². The number of carbonyl (C=O) groups excluding carboxylic acids is 1. The Morgan fingerprint density at radius 1 is 1.17 bits per heavy atom. The van der Waals surface area contributed by atoms with Crippen LogP contribution in [0.25, 0.3) is 10.9 Å². The van der Waals surface area contributed by atoms with Gasteiger partial charge in [0.25, 0.3) is 0 Å². The van der Waals surface area contributed by atoms with E-state index in [0.717, 1.165) is 0 Å². The summed E-state index contributed by atoms with van der Waals surface area (Å²) in [5, 5.41) is 12.7. The first-order valence-electron chi connectivity index (χ1n) is 8.02. The molecule has 1 aromatic carbocycles. The van der Waals surface area contributed by atoms with Gasteiger partial charge in [-0.1, -0.05) is 26.0 Å². The molecule has 0 aliphatic rings. The molecular weight excluding hydrogens is 308 g/mol. The zero-order valence-electron chi connectivity index (χ0n) is 13.9. The van der Waals surface area contributed by atoms with Gasteiger partial charge in [0.1, 0.15) is 6.54 Å². The molecule has 2 N–H and O–H groups in total. The molecule has 1 aromatic heterocycles. The lowest BCUT2D eigenvalue weighted by atomic mass is 9.82. The number of nitrogens with zero attached hydrogens (tertiary/aromatic N) is 1. The van der Waals surface area contributed by atoms with Crippen LogP contribution in [0.4, 0.5) is 0 Å². The molecule has 128 valence electrons. The number of carbonyl (C=O) groups is 2. The SMILES string of the molecule is CCC(CC)(CNC(=O)Cn1ccc(=O)c2ccccc21)C(=O)O. The van der Waals surface area contributed by atoms with Gasteiger partial charge in [-0.3, -0.25) is 14.4 Å². The Labute approximate surface area is 140 Å². The predicted octanol–water partition coefficient (Wildman–Crippen LogP) is 2.01. The van der Waals surface area contributed by atoms with Crippen molar-refractivity contribution in [2.75, 3.05) is 6.54 Å². The summed E-state index contributed by atoms with van der Waals surface area (Å²) in [4.78, 5) is 35.6. The van der Waals surface area contributed by atoms with E-state index in [1.165, 1.54) is 6.07 Å². The highest BCUT2D eigenvalue weighted by atomic mass is 16.4. The van der Waals surface area contributed by atoms with Crippen molar-refractivity contribution in [2.45, 2.75) is 33.2 Å². The van der Waals surface area contributed by atoms with Crippen LogP contribution in [0.15, 0.2) is 41.3 Å². The van der Waals surface area contributed by atoms with E-state index < -0.39 is 11.4 Å². The maximum Gasteiger partial charge on any atom is 0.311 e. The third-order valence-electron chi connectivity index (χ3n) is 4.63. The molecule has 1 heterocycles. The highest BCUT2D eigenvalue weighted by Crippen LogP contribution is 2.25. The minimum atomic E-state index is -0.943. The van der Waals surface area contributed by atoms with Crippen molar-refractivity contribution in [2.24, 2.45) is 5.41 Å². The van der Waals surface area contributed by atoms with Crippen LogP contribution in [0.5, 0.6) is 0 Å². The molecule has 0 atom stereocenters. The fraction of sp³-hybridized carbons (Fsp3) is 0.389. The summed E-state index contributed by atoms with van der Waals surface area (Å²) in [5.41, 5.74) is -0.360. The second kappa shape index (κ2) is 7.29. The van der Waals surface area contributed by atoms with Gasteiger partial charge in [-0.05, 0) is 25.0 Å². The van der Waals surface area contributed by atoms with Crippen molar-refractivity contribution in [3.8, 4) is 0 Å². The molecule has 0 saturated carbocycles. The summed E-state index contributed by atoms with van der Waals surface area (Å²) in [5.74, 6) is -1.18. The van der Waals surface area contributed by atoms with E-state index >= 15 is 0 Å². The van der Waals surface area contributed by atoms with Crippen LogP contribution in [0.3, 0.4) is 0 Å². The molecule has 6 heteroatoms. The second-order valence-corrected chi connectivity index (χ2v) is 5.89. The summed E-state index contributed by atoms with van der Waals surface area (Å²) >= 11 is 0. The van der Waals surface area contributed by atoms with Gasteiger partial charge >= 0.3 is 5.97 Å². The number of carboxylic acid groups (broad SMARTS) is 1. The lowest BCUT2D eigenvalue weighted by molar-refractivity contribution is -0.149. The van der Waals surface area contributed by atoms with Crippen LogP contribution in [0.1, 0.15) is 26.7 Å². The van der Waals surface area contributed by atoms with Crippen LogP contribution >= 0.6 is 0 Å². The Morgan fingerprint density at radius 2 is 1.83 bits per heavy atom. The summed E-state index contributed by atoms with van der Waals surface area (Å²) < 4.78 is 1.69. The summed E-state index contributed by atoms with van der Waals surface area (Å²) in [6.07, 6.45) is 2.47. The van der Waals surface area contributed by atoms with E-state index in [9.17, 15) is 19.5 Å². The zero-order valence-corrected chi connectivity index (χ0v) is 13.9. The molecule has 0 aliphatic carbocycles. The number of hydrogen-bond acceptors (Lipinski definition) is 3. The lowest BCUT2D eigenvalue weighted by Gasteiger charge is -2.27. The number of carboxylic acids is 1. The van der Waals surface area contributed by atoms with Crippen LogP contribution in [-0.4, -0.2) is 28.1 Å². The van der Waals surface area contributed by atoms with E-state index in [0.29, 0.717) is 23.7 Å². The minimum Gasteiger partial charge on any atom is -0.481 e. The lowest BCUT2D eigenvalue weighted by Crippen LogP contribution is -2.43. The maximum absolute atomic E-state index is 12.2.